The maximum Gasteiger partial charge on any atom is 0.0541 e. The molecule has 0 spiro atoms. The van der Waals surface area contributed by atoms with Gasteiger partial charge in [0.2, 0.25) is 0 Å². The van der Waals surface area contributed by atoms with Crippen LogP contribution in [0.1, 0.15) is 24.5 Å². The van der Waals surface area contributed by atoms with Gasteiger partial charge in [-0.05, 0) is 45.0 Å². The van der Waals surface area contributed by atoms with Gasteiger partial charge >= 0.3 is 0 Å². The summed E-state index contributed by atoms with van der Waals surface area (Å²) >= 11 is 0. The lowest BCUT2D eigenvalue weighted by molar-refractivity contribution is 0.167. The molecule has 1 aromatic rings. The molecule has 2 rings (SSSR count). The van der Waals surface area contributed by atoms with Crippen molar-refractivity contribution in [2.45, 2.75) is 31.3 Å². The van der Waals surface area contributed by atoms with Gasteiger partial charge in [0.25, 0.3) is 0 Å². The van der Waals surface area contributed by atoms with Crippen LogP contribution in [0.15, 0.2) is 24.3 Å². The van der Waals surface area contributed by atoms with Crippen molar-refractivity contribution >= 4 is 0 Å². The van der Waals surface area contributed by atoms with Gasteiger partial charge in [0.1, 0.15) is 0 Å². The largest absolute Gasteiger partial charge is 0.320 e. The number of nitrogens with zero attached hydrogens (tertiary/aromatic N) is 1. The van der Waals surface area contributed by atoms with Gasteiger partial charge in [-0.3, -0.25) is 0 Å². The van der Waals surface area contributed by atoms with E-state index in [2.05, 4.69) is 50.2 Å². The molecule has 1 aliphatic rings. The summed E-state index contributed by atoms with van der Waals surface area (Å²) in [5.41, 5.74) is 9.00. The summed E-state index contributed by atoms with van der Waals surface area (Å²) in [6.07, 6.45) is 2.29. The maximum absolute atomic E-state index is 6.49. The van der Waals surface area contributed by atoms with Crippen LogP contribution in [-0.2, 0) is 12.0 Å². The highest BCUT2D eigenvalue weighted by atomic mass is 15.1. The van der Waals surface area contributed by atoms with E-state index in [1.807, 2.05) is 0 Å². The van der Waals surface area contributed by atoms with Gasteiger partial charge in [-0.15, -0.1) is 0 Å². The third-order valence-corrected chi connectivity index (χ3v) is 3.60. The lowest BCUT2D eigenvalue weighted by Gasteiger charge is -2.43. The van der Waals surface area contributed by atoms with E-state index in [0.29, 0.717) is 6.04 Å². The summed E-state index contributed by atoms with van der Waals surface area (Å²) in [5, 5.41) is 0. The minimum atomic E-state index is -0.224. The molecule has 2 unspecified atom stereocenters. The molecule has 2 atom stereocenters. The topological polar surface area (TPSA) is 29.3 Å². The minimum absolute atomic E-state index is 0.224. The quantitative estimate of drug-likeness (QED) is 0.755. The van der Waals surface area contributed by atoms with Gasteiger partial charge in [0.15, 0.2) is 0 Å². The summed E-state index contributed by atoms with van der Waals surface area (Å²) in [7, 11) is 4.23. The predicted octanol–water partition coefficient (Wildman–Crippen LogP) is 1.74. The Morgan fingerprint density at radius 2 is 2.00 bits per heavy atom. The second-order valence-corrected chi connectivity index (χ2v) is 4.96. The van der Waals surface area contributed by atoms with Crippen LogP contribution in [-0.4, -0.2) is 25.0 Å². The zero-order chi connectivity index (χ0) is 11.1. The summed E-state index contributed by atoms with van der Waals surface area (Å²) in [6.45, 7) is 2.15. The fraction of sp³-hybridized carbons (Fsp3) is 0.538. The summed E-state index contributed by atoms with van der Waals surface area (Å²) in [6, 6.07) is 9.00. The van der Waals surface area contributed by atoms with Crippen molar-refractivity contribution < 1.29 is 0 Å². The molecule has 0 amide bonds. The van der Waals surface area contributed by atoms with Crippen LogP contribution < -0.4 is 5.73 Å². The second kappa shape index (κ2) is 3.62. The fourth-order valence-electron chi connectivity index (χ4n) is 2.83. The number of benzene rings is 1. The van der Waals surface area contributed by atoms with Crippen molar-refractivity contribution in [1.82, 2.24) is 4.90 Å². The minimum Gasteiger partial charge on any atom is -0.320 e. The van der Waals surface area contributed by atoms with Crippen molar-refractivity contribution in [3.05, 3.63) is 35.4 Å². The first-order chi connectivity index (χ1) is 7.03. The molecule has 1 aromatic carbocycles. The van der Waals surface area contributed by atoms with E-state index in [4.69, 9.17) is 5.73 Å². The predicted molar refractivity (Wildman–Crippen MR) is 63.8 cm³/mol. The Balaban J connectivity index is 2.44. The average molecular weight is 204 g/mol. The third kappa shape index (κ3) is 1.68. The summed E-state index contributed by atoms with van der Waals surface area (Å²) in [5.74, 6) is 0. The molecule has 0 bridgehead atoms. The Morgan fingerprint density at radius 3 is 2.67 bits per heavy atom. The van der Waals surface area contributed by atoms with Crippen molar-refractivity contribution in [2.24, 2.45) is 5.73 Å². The van der Waals surface area contributed by atoms with E-state index in [1.54, 1.807) is 0 Å². The first-order valence-electron chi connectivity index (χ1n) is 5.57. The number of likely N-dealkylation sites (N-methyl/N-ethyl adjacent to an activating group) is 1. The molecule has 0 fully saturated rings. The normalized spacial score (nSPS) is 30.3. The summed E-state index contributed by atoms with van der Waals surface area (Å²) in [4.78, 5) is 2.25. The molecule has 2 nitrogen and oxygen atoms in total. The Hall–Kier alpha value is -0.860. The first-order valence-corrected chi connectivity index (χ1v) is 5.57. The van der Waals surface area contributed by atoms with Gasteiger partial charge in [0, 0.05) is 6.04 Å². The van der Waals surface area contributed by atoms with E-state index in [1.165, 1.54) is 11.1 Å². The van der Waals surface area contributed by atoms with Gasteiger partial charge in [0.05, 0.1) is 5.54 Å². The fourth-order valence-corrected chi connectivity index (χ4v) is 2.83. The Bertz CT molecular complexity index is 355. The van der Waals surface area contributed by atoms with Crippen LogP contribution >= 0.6 is 0 Å². The molecular weight excluding hydrogens is 184 g/mol. The van der Waals surface area contributed by atoms with Crippen molar-refractivity contribution in [3.8, 4) is 0 Å². The van der Waals surface area contributed by atoms with Crippen LogP contribution in [0.4, 0.5) is 0 Å². The first kappa shape index (κ1) is 10.7. The molecule has 0 saturated heterocycles. The molecule has 0 aliphatic heterocycles. The zero-order valence-corrected chi connectivity index (χ0v) is 9.83. The average Bonchev–Trinajstić information content (AvgIpc) is 2.17. The Morgan fingerprint density at radius 1 is 1.33 bits per heavy atom. The smallest absolute Gasteiger partial charge is 0.0541 e. The highest BCUT2D eigenvalue weighted by Crippen LogP contribution is 2.34. The van der Waals surface area contributed by atoms with E-state index in [0.717, 1.165) is 12.8 Å². The molecule has 15 heavy (non-hydrogen) atoms. The molecule has 2 N–H and O–H groups in total. The highest BCUT2D eigenvalue weighted by molar-refractivity contribution is 5.37. The lowest BCUT2D eigenvalue weighted by Crippen LogP contribution is -2.54. The highest BCUT2D eigenvalue weighted by Gasteiger charge is 2.37. The van der Waals surface area contributed by atoms with E-state index in [9.17, 15) is 0 Å². The molecule has 0 radical (unpaired) electrons. The molecule has 0 heterocycles. The second-order valence-electron chi connectivity index (χ2n) is 4.96. The number of hydrogen-bond acceptors (Lipinski definition) is 2. The van der Waals surface area contributed by atoms with Crippen molar-refractivity contribution in [3.63, 3.8) is 0 Å². The number of nitrogens with two attached hydrogens (primary N) is 1. The van der Waals surface area contributed by atoms with Crippen LogP contribution in [0, 0.1) is 0 Å². The number of fused-ring (bicyclic) bond motifs is 1. The molecule has 2 heteroatoms. The molecule has 1 aliphatic carbocycles. The molecule has 0 saturated carbocycles. The van der Waals surface area contributed by atoms with Crippen molar-refractivity contribution in [2.75, 3.05) is 14.1 Å². The number of hydrogen-bond donors (Lipinski definition) is 1. The summed E-state index contributed by atoms with van der Waals surface area (Å²) < 4.78 is 0. The standard InChI is InChI=1S/C13H20N2/c1-13(14)11-7-5-4-6-10(11)8-9-12(13)15(2)3/h4-7,12H,8-9,14H2,1-3H3. The number of aryl methyl sites for hydroxylation is 1. The number of rotatable bonds is 1. The molecule has 0 aromatic heterocycles. The van der Waals surface area contributed by atoms with Gasteiger partial charge in [-0.25, -0.2) is 0 Å². The van der Waals surface area contributed by atoms with E-state index >= 15 is 0 Å². The van der Waals surface area contributed by atoms with Crippen LogP contribution in [0.2, 0.25) is 0 Å². The lowest BCUT2D eigenvalue weighted by atomic mass is 9.74. The zero-order valence-electron chi connectivity index (χ0n) is 9.83. The Kier molecular flexibility index (Phi) is 2.57. The van der Waals surface area contributed by atoms with Crippen molar-refractivity contribution in [1.29, 1.82) is 0 Å². The van der Waals surface area contributed by atoms with Gasteiger partial charge < -0.3 is 10.6 Å². The monoisotopic (exact) mass is 204 g/mol. The van der Waals surface area contributed by atoms with Crippen LogP contribution in [0.25, 0.3) is 0 Å². The SMILES string of the molecule is CN(C)C1CCc2ccccc2C1(C)N. The van der Waals surface area contributed by atoms with E-state index in [-0.39, 0.29) is 5.54 Å². The Labute approximate surface area is 92.1 Å². The molecule has 82 valence electrons. The van der Waals surface area contributed by atoms with Gasteiger partial charge in [-0.1, -0.05) is 24.3 Å². The molecular formula is C13H20N2. The van der Waals surface area contributed by atoms with E-state index < -0.39 is 0 Å². The maximum atomic E-state index is 6.49. The van der Waals surface area contributed by atoms with Crippen LogP contribution in [0.5, 0.6) is 0 Å². The van der Waals surface area contributed by atoms with Crippen LogP contribution in [0.3, 0.4) is 0 Å². The van der Waals surface area contributed by atoms with Gasteiger partial charge in [-0.2, -0.15) is 0 Å². The third-order valence-electron chi connectivity index (χ3n) is 3.60.